The number of halogens is 1. The van der Waals surface area contributed by atoms with Crippen molar-refractivity contribution < 1.29 is 18.7 Å². The van der Waals surface area contributed by atoms with Gasteiger partial charge in [0.25, 0.3) is 0 Å². The molecule has 2 aliphatic rings. The Morgan fingerprint density at radius 2 is 1.85 bits per heavy atom. The lowest BCUT2D eigenvalue weighted by atomic mass is 9.67. The first-order valence-electron chi connectivity index (χ1n) is 11.8. The van der Waals surface area contributed by atoms with Gasteiger partial charge in [-0.05, 0) is 75.8 Å². The van der Waals surface area contributed by atoms with Gasteiger partial charge in [-0.15, -0.1) is 0 Å². The number of guanidine groups is 1. The SMILES string of the molecule is CCOC(=O)CC1CCC(Cc2ccc(F)c([C@@]3(C)N=C(N)N(C)C(=O)C3(C)C)c2)C1(C)C. The lowest BCUT2D eigenvalue weighted by Gasteiger charge is -2.46. The van der Waals surface area contributed by atoms with E-state index in [9.17, 15) is 9.59 Å². The van der Waals surface area contributed by atoms with Crippen molar-refractivity contribution in [2.75, 3.05) is 13.7 Å². The smallest absolute Gasteiger partial charge is 0.306 e. The molecule has 182 valence electrons. The highest BCUT2D eigenvalue weighted by Gasteiger charge is 2.54. The molecule has 0 spiro atoms. The maximum absolute atomic E-state index is 15.2. The molecule has 33 heavy (non-hydrogen) atoms. The van der Waals surface area contributed by atoms with E-state index < -0.39 is 16.8 Å². The van der Waals surface area contributed by atoms with Crippen molar-refractivity contribution in [3.63, 3.8) is 0 Å². The number of carbonyl (C=O) groups excluding carboxylic acids is 2. The molecule has 1 aliphatic carbocycles. The summed E-state index contributed by atoms with van der Waals surface area (Å²) in [5.74, 6) is -0.0316. The van der Waals surface area contributed by atoms with Gasteiger partial charge >= 0.3 is 5.97 Å². The fraction of sp³-hybridized carbons (Fsp3) is 0.654. The Labute approximate surface area is 196 Å². The highest BCUT2D eigenvalue weighted by atomic mass is 19.1. The minimum Gasteiger partial charge on any atom is -0.466 e. The average Bonchev–Trinajstić information content (AvgIpc) is 3.00. The summed E-state index contributed by atoms with van der Waals surface area (Å²) >= 11 is 0. The van der Waals surface area contributed by atoms with Crippen molar-refractivity contribution in [2.45, 2.75) is 72.8 Å². The van der Waals surface area contributed by atoms with E-state index in [1.165, 1.54) is 11.0 Å². The second-order valence-electron chi connectivity index (χ2n) is 10.9. The number of amides is 1. The first-order chi connectivity index (χ1) is 15.3. The molecule has 3 rings (SSSR count). The Kier molecular flexibility index (Phi) is 6.66. The Hall–Kier alpha value is -2.44. The molecule has 3 atom stereocenters. The molecule has 7 heteroatoms. The van der Waals surface area contributed by atoms with E-state index in [2.05, 4.69) is 18.8 Å². The van der Waals surface area contributed by atoms with E-state index in [1.807, 2.05) is 19.1 Å². The first kappa shape index (κ1) is 25.2. The van der Waals surface area contributed by atoms with Crippen LogP contribution in [0.25, 0.3) is 0 Å². The maximum Gasteiger partial charge on any atom is 0.306 e. The van der Waals surface area contributed by atoms with Gasteiger partial charge < -0.3 is 10.5 Å². The number of hydrogen-bond acceptors (Lipinski definition) is 5. The number of aliphatic imine (C=N–C) groups is 1. The van der Waals surface area contributed by atoms with Crippen molar-refractivity contribution in [3.8, 4) is 0 Å². The van der Waals surface area contributed by atoms with Crippen molar-refractivity contribution >= 4 is 17.8 Å². The minimum absolute atomic E-state index is 0.0451. The zero-order valence-corrected chi connectivity index (χ0v) is 21.0. The Morgan fingerprint density at radius 3 is 2.48 bits per heavy atom. The summed E-state index contributed by atoms with van der Waals surface area (Å²) in [6, 6.07) is 5.13. The molecule has 1 saturated carbocycles. The molecule has 0 bridgehead atoms. The van der Waals surface area contributed by atoms with E-state index in [-0.39, 0.29) is 29.2 Å². The number of carbonyl (C=O) groups is 2. The molecule has 1 fully saturated rings. The van der Waals surface area contributed by atoms with Crippen LogP contribution in [0.5, 0.6) is 0 Å². The standard InChI is InChI=1S/C26H38FN3O3/c1-8-33-21(31)15-18-11-10-17(24(18,2)3)13-16-9-12-20(27)19(14-16)26(6)25(4,5)22(32)30(7)23(28)29-26/h9,12,14,17-18H,8,10-11,13,15H2,1-7H3,(H2,28,29)/t17?,18?,26-/m1/s1. The number of rotatable bonds is 6. The van der Waals surface area contributed by atoms with Crippen molar-refractivity contribution in [1.82, 2.24) is 4.90 Å². The number of benzene rings is 1. The lowest BCUT2D eigenvalue weighted by Crippen LogP contribution is -2.58. The monoisotopic (exact) mass is 459 g/mol. The van der Waals surface area contributed by atoms with Gasteiger partial charge in [0.05, 0.1) is 12.0 Å². The molecule has 1 amide bonds. The highest BCUT2D eigenvalue weighted by molar-refractivity contribution is 6.01. The van der Waals surface area contributed by atoms with E-state index >= 15 is 4.39 Å². The number of nitrogens with two attached hydrogens (primary N) is 1. The molecule has 0 saturated heterocycles. The van der Waals surface area contributed by atoms with Crippen molar-refractivity contribution in [3.05, 3.63) is 35.1 Å². The third kappa shape index (κ3) is 4.26. The van der Waals surface area contributed by atoms with Crippen LogP contribution in [0.1, 0.15) is 71.9 Å². The summed E-state index contributed by atoms with van der Waals surface area (Å²) in [7, 11) is 1.59. The van der Waals surface area contributed by atoms with Gasteiger partial charge in [0.1, 0.15) is 11.4 Å². The zero-order valence-electron chi connectivity index (χ0n) is 21.0. The van der Waals surface area contributed by atoms with Crippen LogP contribution in [-0.2, 0) is 26.3 Å². The van der Waals surface area contributed by atoms with Gasteiger partial charge in [0.15, 0.2) is 5.96 Å². The van der Waals surface area contributed by atoms with Crippen LogP contribution in [0.2, 0.25) is 0 Å². The Morgan fingerprint density at radius 1 is 1.21 bits per heavy atom. The van der Waals surface area contributed by atoms with Gasteiger partial charge in [0, 0.05) is 19.0 Å². The average molecular weight is 460 g/mol. The second-order valence-corrected chi connectivity index (χ2v) is 10.9. The quantitative estimate of drug-likeness (QED) is 0.639. The van der Waals surface area contributed by atoms with Crippen LogP contribution in [-0.4, -0.2) is 36.4 Å². The Bertz CT molecular complexity index is 972. The van der Waals surface area contributed by atoms with Gasteiger partial charge in [-0.2, -0.15) is 0 Å². The van der Waals surface area contributed by atoms with E-state index in [4.69, 9.17) is 10.5 Å². The van der Waals surface area contributed by atoms with Crippen molar-refractivity contribution in [1.29, 1.82) is 0 Å². The molecule has 0 aromatic heterocycles. The van der Waals surface area contributed by atoms with Gasteiger partial charge in [0.2, 0.25) is 5.91 Å². The van der Waals surface area contributed by atoms with E-state index in [0.717, 1.165) is 24.8 Å². The van der Waals surface area contributed by atoms with Crippen LogP contribution in [0.3, 0.4) is 0 Å². The predicted octanol–water partition coefficient (Wildman–Crippen LogP) is 4.40. The molecular formula is C26H38FN3O3. The molecule has 0 radical (unpaired) electrons. The fourth-order valence-electron chi connectivity index (χ4n) is 5.56. The molecule has 1 aliphatic heterocycles. The summed E-state index contributed by atoms with van der Waals surface area (Å²) in [5, 5.41) is 0. The normalized spacial score (nSPS) is 28.5. The molecule has 1 aromatic rings. The summed E-state index contributed by atoms with van der Waals surface area (Å²) in [5.41, 5.74) is 5.27. The van der Waals surface area contributed by atoms with Crippen LogP contribution in [0.15, 0.2) is 23.2 Å². The summed E-state index contributed by atoms with van der Waals surface area (Å²) in [6.07, 6.45) is 3.17. The van der Waals surface area contributed by atoms with Gasteiger partial charge in [-0.3, -0.25) is 14.5 Å². The summed E-state index contributed by atoms with van der Waals surface area (Å²) in [6.45, 7) is 12.0. The molecule has 6 nitrogen and oxygen atoms in total. The predicted molar refractivity (Wildman–Crippen MR) is 127 cm³/mol. The molecular weight excluding hydrogens is 421 g/mol. The zero-order chi connectivity index (χ0) is 24.8. The van der Waals surface area contributed by atoms with E-state index in [1.54, 1.807) is 27.8 Å². The van der Waals surface area contributed by atoms with Crippen LogP contribution >= 0.6 is 0 Å². The van der Waals surface area contributed by atoms with Crippen LogP contribution < -0.4 is 5.73 Å². The largest absolute Gasteiger partial charge is 0.466 e. The van der Waals surface area contributed by atoms with Crippen LogP contribution in [0.4, 0.5) is 4.39 Å². The molecule has 2 N–H and O–H groups in total. The molecule has 1 heterocycles. The summed E-state index contributed by atoms with van der Waals surface area (Å²) in [4.78, 5) is 31.0. The number of nitrogens with zero attached hydrogens (tertiary/aromatic N) is 2. The Balaban J connectivity index is 1.90. The number of esters is 1. The molecule has 2 unspecified atom stereocenters. The van der Waals surface area contributed by atoms with Crippen LogP contribution in [0, 0.1) is 28.5 Å². The van der Waals surface area contributed by atoms with Gasteiger partial charge in [-0.1, -0.05) is 26.0 Å². The minimum atomic E-state index is -1.13. The maximum atomic E-state index is 15.2. The van der Waals surface area contributed by atoms with E-state index in [0.29, 0.717) is 24.5 Å². The second kappa shape index (κ2) is 8.73. The lowest BCUT2D eigenvalue weighted by molar-refractivity contribution is -0.145. The highest BCUT2D eigenvalue weighted by Crippen LogP contribution is 2.51. The number of hydrogen-bond donors (Lipinski definition) is 1. The van der Waals surface area contributed by atoms with Gasteiger partial charge in [-0.25, -0.2) is 9.38 Å². The molecule has 1 aromatic carbocycles. The first-order valence-corrected chi connectivity index (χ1v) is 11.8. The topological polar surface area (TPSA) is 85.0 Å². The third-order valence-electron chi connectivity index (χ3n) is 8.46. The fourth-order valence-corrected chi connectivity index (χ4v) is 5.56. The summed E-state index contributed by atoms with van der Waals surface area (Å²) < 4.78 is 20.3. The van der Waals surface area contributed by atoms with Crippen molar-refractivity contribution in [2.24, 2.45) is 33.4 Å². The number of ether oxygens (including phenoxy) is 1. The third-order valence-corrected chi connectivity index (χ3v) is 8.46.